The summed E-state index contributed by atoms with van der Waals surface area (Å²) in [6.45, 7) is 0.272. The van der Waals surface area contributed by atoms with Crippen molar-refractivity contribution in [1.29, 1.82) is 0 Å². The first-order valence-electron chi connectivity index (χ1n) is 9.41. The van der Waals surface area contributed by atoms with E-state index in [-0.39, 0.29) is 12.5 Å². The number of hydrogen-bond acceptors (Lipinski definition) is 3. The molecule has 23 heavy (non-hydrogen) atoms. The average molecular weight is 320 g/mol. The molecule has 3 atom stereocenters. The number of carboxylic acids is 1. The number of likely N-dealkylation sites (tertiary alicyclic amines) is 1. The van der Waals surface area contributed by atoms with Crippen LogP contribution in [0.25, 0.3) is 0 Å². The highest BCUT2D eigenvalue weighted by atomic mass is 16.4. The maximum atomic E-state index is 12.6. The van der Waals surface area contributed by atoms with Crippen molar-refractivity contribution in [2.45, 2.75) is 75.9 Å². The van der Waals surface area contributed by atoms with Gasteiger partial charge in [0.25, 0.3) is 0 Å². The summed E-state index contributed by atoms with van der Waals surface area (Å²) in [6, 6.07) is 0.195. The zero-order valence-electron chi connectivity index (χ0n) is 13.7. The van der Waals surface area contributed by atoms with Gasteiger partial charge in [-0.25, -0.2) is 0 Å². The van der Waals surface area contributed by atoms with Gasteiger partial charge in [0.2, 0.25) is 5.91 Å². The van der Waals surface area contributed by atoms with Crippen molar-refractivity contribution in [3.05, 3.63) is 0 Å². The van der Waals surface area contributed by atoms with E-state index in [2.05, 4.69) is 5.32 Å². The second-order valence-corrected chi connectivity index (χ2v) is 8.14. The average Bonchev–Trinajstić information content (AvgIpc) is 3.43. The second-order valence-electron chi connectivity index (χ2n) is 8.14. The Labute approximate surface area is 137 Å². The molecule has 4 aliphatic rings. The number of rotatable bonds is 6. The third-order valence-corrected chi connectivity index (χ3v) is 6.42. The lowest BCUT2D eigenvalue weighted by Gasteiger charge is -2.33. The summed E-state index contributed by atoms with van der Waals surface area (Å²) in [5, 5.41) is 12.8. The number of aliphatic carboxylic acids is 1. The summed E-state index contributed by atoms with van der Waals surface area (Å²) in [5.74, 6) is 1.13. The van der Waals surface area contributed by atoms with Gasteiger partial charge in [0, 0.05) is 12.1 Å². The molecule has 0 aromatic rings. The molecule has 3 unspecified atom stereocenters. The van der Waals surface area contributed by atoms with Gasteiger partial charge in [-0.15, -0.1) is 0 Å². The van der Waals surface area contributed by atoms with Gasteiger partial charge in [0.1, 0.15) is 6.04 Å². The lowest BCUT2D eigenvalue weighted by atomic mass is 9.85. The number of amides is 1. The smallest absolute Gasteiger partial charge is 0.320 e. The van der Waals surface area contributed by atoms with Crippen LogP contribution in [0.1, 0.15) is 57.8 Å². The number of hydrogen-bond donors (Lipinski definition) is 2. The predicted molar refractivity (Wildman–Crippen MR) is 85.9 cm³/mol. The summed E-state index contributed by atoms with van der Waals surface area (Å²) in [4.78, 5) is 26.2. The molecule has 3 aliphatic carbocycles. The van der Waals surface area contributed by atoms with Crippen LogP contribution in [-0.2, 0) is 9.59 Å². The Morgan fingerprint density at radius 2 is 1.70 bits per heavy atom. The topological polar surface area (TPSA) is 69.6 Å². The quantitative estimate of drug-likeness (QED) is 0.785. The number of carbonyl (C=O) groups is 2. The van der Waals surface area contributed by atoms with Crippen LogP contribution in [0.3, 0.4) is 0 Å². The van der Waals surface area contributed by atoms with Crippen molar-refractivity contribution in [3.63, 3.8) is 0 Å². The molecular formula is C18H28N2O3. The van der Waals surface area contributed by atoms with E-state index < -0.39 is 12.0 Å². The van der Waals surface area contributed by atoms with E-state index in [4.69, 9.17) is 0 Å². The number of carbonyl (C=O) groups excluding carboxylic acids is 1. The Hall–Kier alpha value is -1.10. The molecule has 0 aromatic carbocycles. The van der Waals surface area contributed by atoms with Crippen molar-refractivity contribution in [1.82, 2.24) is 10.2 Å². The standard InChI is InChI=1S/C18H28N2O3/c21-16(19-17(11-5-6-11)12-7-8-12)10-20-14-4-2-1-3-13(14)9-15(20)18(22)23/h11-15,17H,1-10H2,(H,19,21)(H,22,23). The van der Waals surface area contributed by atoms with Crippen molar-refractivity contribution in [2.75, 3.05) is 6.54 Å². The van der Waals surface area contributed by atoms with E-state index >= 15 is 0 Å². The Balaban J connectivity index is 1.40. The molecule has 1 aliphatic heterocycles. The summed E-state index contributed by atoms with van der Waals surface area (Å²) in [7, 11) is 0. The molecule has 0 radical (unpaired) electrons. The van der Waals surface area contributed by atoms with E-state index in [0.29, 0.717) is 29.8 Å². The highest BCUT2D eigenvalue weighted by Gasteiger charge is 2.47. The molecule has 0 bridgehead atoms. The Bertz CT molecular complexity index is 475. The van der Waals surface area contributed by atoms with Crippen LogP contribution in [0.15, 0.2) is 0 Å². The van der Waals surface area contributed by atoms with E-state index in [9.17, 15) is 14.7 Å². The molecule has 4 rings (SSSR count). The summed E-state index contributed by atoms with van der Waals surface area (Å²) >= 11 is 0. The fourth-order valence-corrected chi connectivity index (χ4v) is 4.95. The minimum atomic E-state index is -0.756. The molecule has 5 heteroatoms. The summed E-state index contributed by atoms with van der Waals surface area (Å²) in [5.41, 5.74) is 0. The number of carboxylic acid groups (broad SMARTS) is 1. The lowest BCUT2D eigenvalue weighted by molar-refractivity contribution is -0.143. The van der Waals surface area contributed by atoms with Gasteiger partial charge in [-0.1, -0.05) is 12.8 Å². The maximum Gasteiger partial charge on any atom is 0.320 e. The highest BCUT2D eigenvalue weighted by Crippen LogP contribution is 2.44. The van der Waals surface area contributed by atoms with Gasteiger partial charge in [0.15, 0.2) is 0 Å². The van der Waals surface area contributed by atoms with Crippen LogP contribution in [0.4, 0.5) is 0 Å². The molecule has 1 heterocycles. The summed E-state index contributed by atoms with van der Waals surface area (Å²) in [6.07, 6.45) is 10.2. The van der Waals surface area contributed by atoms with Crippen LogP contribution in [0.5, 0.6) is 0 Å². The maximum absolute atomic E-state index is 12.6. The first-order chi connectivity index (χ1) is 11.1. The van der Waals surface area contributed by atoms with E-state index in [1.54, 1.807) is 0 Å². The van der Waals surface area contributed by atoms with Crippen LogP contribution in [0.2, 0.25) is 0 Å². The van der Waals surface area contributed by atoms with Gasteiger partial charge in [-0.05, 0) is 62.7 Å². The molecule has 1 saturated heterocycles. The third kappa shape index (κ3) is 3.25. The molecule has 5 nitrogen and oxygen atoms in total. The predicted octanol–water partition coefficient (Wildman–Crippen LogP) is 2.01. The Morgan fingerprint density at radius 3 is 2.30 bits per heavy atom. The largest absolute Gasteiger partial charge is 0.480 e. The van der Waals surface area contributed by atoms with Gasteiger partial charge in [-0.2, -0.15) is 0 Å². The number of nitrogens with zero attached hydrogens (tertiary/aromatic N) is 1. The first-order valence-corrected chi connectivity index (χ1v) is 9.41. The molecule has 3 saturated carbocycles. The second kappa shape index (κ2) is 6.08. The van der Waals surface area contributed by atoms with Gasteiger partial charge >= 0.3 is 5.97 Å². The van der Waals surface area contributed by atoms with Crippen molar-refractivity contribution >= 4 is 11.9 Å². The molecule has 128 valence electrons. The molecule has 2 N–H and O–H groups in total. The van der Waals surface area contributed by atoms with Gasteiger partial charge in [-0.3, -0.25) is 14.5 Å². The van der Waals surface area contributed by atoms with E-state index in [0.717, 1.165) is 19.3 Å². The molecule has 1 amide bonds. The fourth-order valence-electron chi connectivity index (χ4n) is 4.95. The van der Waals surface area contributed by atoms with Crippen molar-refractivity contribution in [2.24, 2.45) is 17.8 Å². The molecular weight excluding hydrogens is 292 g/mol. The van der Waals surface area contributed by atoms with Crippen molar-refractivity contribution < 1.29 is 14.7 Å². The number of fused-ring (bicyclic) bond motifs is 1. The SMILES string of the molecule is O=C(CN1C(C(=O)O)CC2CCCCC21)NC(C1CC1)C1CC1. The minimum Gasteiger partial charge on any atom is -0.480 e. The van der Waals surface area contributed by atoms with Gasteiger partial charge < -0.3 is 10.4 Å². The fraction of sp³-hybridized carbons (Fsp3) is 0.889. The van der Waals surface area contributed by atoms with Crippen molar-refractivity contribution in [3.8, 4) is 0 Å². The molecule has 4 fully saturated rings. The minimum absolute atomic E-state index is 0.0475. The van der Waals surface area contributed by atoms with Crippen LogP contribution < -0.4 is 5.32 Å². The first kappa shape index (κ1) is 15.4. The van der Waals surface area contributed by atoms with E-state index in [1.165, 1.54) is 38.5 Å². The third-order valence-electron chi connectivity index (χ3n) is 6.42. The molecule has 0 aromatic heterocycles. The van der Waals surface area contributed by atoms with Crippen LogP contribution >= 0.6 is 0 Å². The zero-order chi connectivity index (χ0) is 16.0. The van der Waals surface area contributed by atoms with Crippen LogP contribution in [-0.4, -0.2) is 46.6 Å². The normalized spacial score (nSPS) is 34.4. The Kier molecular flexibility index (Phi) is 4.08. The monoisotopic (exact) mass is 320 g/mol. The molecule has 0 spiro atoms. The lowest BCUT2D eigenvalue weighted by Crippen LogP contribution is -2.50. The summed E-state index contributed by atoms with van der Waals surface area (Å²) < 4.78 is 0. The number of nitrogens with one attached hydrogen (secondary N) is 1. The zero-order valence-corrected chi connectivity index (χ0v) is 13.7. The van der Waals surface area contributed by atoms with Crippen LogP contribution in [0, 0.1) is 17.8 Å². The van der Waals surface area contributed by atoms with E-state index in [1.807, 2.05) is 4.90 Å². The highest BCUT2D eigenvalue weighted by molar-refractivity contribution is 5.80. The van der Waals surface area contributed by atoms with Gasteiger partial charge in [0.05, 0.1) is 6.54 Å². The Morgan fingerprint density at radius 1 is 1.04 bits per heavy atom.